The number of hydrogen-bond acceptors (Lipinski definition) is 3. The molecule has 0 bridgehead atoms. The third-order valence-electron chi connectivity index (χ3n) is 3.26. The van der Waals surface area contributed by atoms with E-state index in [0.717, 1.165) is 22.7 Å². The Bertz CT molecular complexity index is 824. The lowest BCUT2D eigenvalue weighted by Gasteiger charge is -2.08. The Morgan fingerprint density at radius 2 is 1.57 bits per heavy atom. The number of benzene rings is 2. The Kier molecular flexibility index (Phi) is 4.44. The van der Waals surface area contributed by atoms with E-state index in [0.29, 0.717) is 0 Å². The maximum absolute atomic E-state index is 4.78. The largest absolute Gasteiger partial charge is 0.274 e. The zero-order chi connectivity index (χ0) is 16.3. The highest BCUT2D eigenvalue weighted by Gasteiger charge is 2.12. The summed E-state index contributed by atoms with van der Waals surface area (Å²) in [6.45, 7) is 7.09. The molecule has 1 aromatic heterocycles. The van der Waals surface area contributed by atoms with Gasteiger partial charge >= 0.3 is 0 Å². The maximum atomic E-state index is 4.78. The van der Waals surface area contributed by atoms with Gasteiger partial charge in [-0.25, -0.2) is 0 Å². The zero-order valence-electron chi connectivity index (χ0n) is 13.7. The fourth-order valence-corrected chi connectivity index (χ4v) is 3.38. The average molecular weight is 323 g/mol. The SMILES string of the molecule is CC(C)(C)N=c1nc(-c2ccccc2)n(Cc2ccccc2)s1. The second-order valence-electron chi connectivity index (χ2n) is 6.48. The van der Waals surface area contributed by atoms with E-state index in [2.05, 4.69) is 61.1 Å². The van der Waals surface area contributed by atoms with Gasteiger partial charge in [0.05, 0.1) is 12.1 Å². The van der Waals surface area contributed by atoms with E-state index in [1.54, 1.807) is 11.5 Å². The van der Waals surface area contributed by atoms with Gasteiger partial charge in [-0.3, -0.25) is 8.95 Å². The quantitative estimate of drug-likeness (QED) is 0.704. The van der Waals surface area contributed by atoms with Crippen LogP contribution in [0.5, 0.6) is 0 Å². The van der Waals surface area contributed by atoms with Crippen molar-refractivity contribution < 1.29 is 0 Å². The average Bonchev–Trinajstić information content (AvgIpc) is 2.89. The van der Waals surface area contributed by atoms with E-state index in [-0.39, 0.29) is 5.54 Å². The second-order valence-corrected chi connectivity index (χ2v) is 7.47. The first-order valence-corrected chi connectivity index (χ1v) is 8.52. The summed E-state index contributed by atoms with van der Waals surface area (Å²) in [6, 6.07) is 20.8. The first-order valence-electron chi connectivity index (χ1n) is 7.75. The molecule has 0 aliphatic rings. The van der Waals surface area contributed by atoms with Gasteiger partial charge in [-0.2, -0.15) is 4.98 Å². The molecular formula is C19H21N3S. The van der Waals surface area contributed by atoms with Crippen molar-refractivity contribution in [3.63, 3.8) is 0 Å². The molecule has 23 heavy (non-hydrogen) atoms. The highest BCUT2D eigenvalue weighted by Crippen LogP contribution is 2.19. The molecule has 0 atom stereocenters. The van der Waals surface area contributed by atoms with Crippen LogP contribution in [0.4, 0.5) is 0 Å². The van der Waals surface area contributed by atoms with Crippen LogP contribution in [0, 0.1) is 0 Å². The lowest BCUT2D eigenvalue weighted by atomic mass is 10.1. The smallest absolute Gasteiger partial charge is 0.223 e. The van der Waals surface area contributed by atoms with E-state index >= 15 is 0 Å². The third-order valence-corrected chi connectivity index (χ3v) is 4.13. The summed E-state index contributed by atoms with van der Waals surface area (Å²) in [5.41, 5.74) is 2.26. The van der Waals surface area contributed by atoms with Gasteiger partial charge in [-0.1, -0.05) is 60.7 Å². The minimum Gasteiger partial charge on any atom is -0.274 e. The van der Waals surface area contributed by atoms with Crippen molar-refractivity contribution in [1.29, 1.82) is 0 Å². The van der Waals surface area contributed by atoms with Crippen LogP contribution in [-0.2, 0) is 6.54 Å². The molecule has 4 heteroatoms. The van der Waals surface area contributed by atoms with Crippen molar-refractivity contribution in [2.24, 2.45) is 4.99 Å². The molecule has 0 N–H and O–H groups in total. The van der Waals surface area contributed by atoms with Gasteiger partial charge in [0.1, 0.15) is 0 Å². The number of rotatable bonds is 3. The Labute approximate surface area is 141 Å². The summed E-state index contributed by atoms with van der Waals surface area (Å²) in [6.07, 6.45) is 0. The molecule has 0 radical (unpaired) electrons. The van der Waals surface area contributed by atoms with Crippen LogP contribution in [0.15, 0.2) is 65.7 Å². The van der Waals surface area contributed by atoms with Crippen molar-refractivity contribution in [3.8, 4) is 11.4 Å². The minimum absolute atomic E-state index is 0.129. The molecule has 118 valence electrons. The van der Waals surface area contributed by atoms with E-state index in [4.69, 9.17) is 9.98 Å². The summed E-state index contributed by atoms with van der Waals surface area (Å²) in [5, 5.41) is 0. The van der Waals surface area contributed by atoms with Gasteiger partial charge in [0, 0.05) is 5.56 Å². The lowest BCUT2D eigenvalue weighted by Crippen LogP contribution is -2.15. The fourth-order valence-electron chi connectivity index (χ4n) is 2.29. The molecule has 0 spiro atoms. The molecule has 0 fully saturated rings. The van der Waals surface area contributed by atoms with E-state index < -0.39 is 0 Å². The molecule has 0 unspecified atom stereocenters. The Balaban J connectivity index is 2.07. The number of hydrogen-bond donors (Lipinski definition) is 0. The molecular weight excluding hydrogens is 302 g/mol. The molecule has 3 nitrogen and oxygen atoms in total. The van der Waals surface area contributed by atoms with Crippen molar-refractivity contribution >= 4 is 11.5 Å². The molecule has 0 saturated heterocycles. The molecule has 2 aromatic carbocycles. The molecule has 1 heterocycles. The predicted octanol–water partition coefficient (Wildman–Crippen LogP) is 4.36. The zero-order valence-corrected chi connectivity index (χ0v) is 14.5. The van der Waals surface area contributed by atoms with Gasteiger partial charge in [-0.05, 0) is 37.9 Å². The summed E-state index contributed by atoms with van der Waals surface area (Å²) in [5.74, 6) is 0.974. The van der Waals surface area contributed by atoms with Crippen LogP contribution in [0.2, 0.25) is 0 Å². The molecule has 0 saturated carbocycles. The molecule has 3 rings (SSSR count). The predicted molar refractivity (Wildman–Crippen MR) is 96.4 cm³/mol. The first-order chi connectivity index (χ1) is 11.0. The van der Waals surface area contributed by atoms with Crippen molar-refractivity contribution in [2.75, 3.05) is 0 Å². The third kappa shape index (κ3) is 4.17. The van der Waals surface area contributed by atoms with Crippen LogP contribution in [0.1, 0.15) is 26.3 Å². The van der Waals surface area contributed by atoms with Gasteiger partial charge in [0.2, 0.25) is 4.80 Å². The van der Waals surface area contributed by atoms with Gasteiger partial charge in [-0.15, -0.1) is 0 Å². The Hall–Kier alpha value is -2.20. The molecule has 0 aliphatic carbocycles. The number of aromatic nitrogens is 2. The van der Waals surface area contributed by atoms with Gasteiger partial charge < -0.3 is 0 Å². The first kappa shape index (κ1) is 15.7. The normalized spacial score (nSPS) is 12.6. The standard InChI is InChI=1S/C19H21N3S/c1-19(2,3)21-18-20-17(16-12-8-5-9-13-16)22(23-18)14-15-10-6-4-7-11-15/h4-13H,14H2,1-3H3. The molecule has 0 amide bonds. The van der Waals surface area contributed by atoms with Crippen molar-refractivity contribution in [3.05, 3.63) is 71.0 Å². The highest BCUT2D eigenvalue weighted by molar-refractivity contribution is 7.03. The molecule has 0 aliphatic heterocycles. The van der Waals surface area contributed by atoms with Crippen LogP contribution in [0.25, 0.3) is 11.4 Å². The van der Waals surface area contributed by atoms with Crippen molar-refractivity contribution in [1.82, 2.24) is 8.94 Å². The maximum Gasteiger partial charge on any atom is 0.223 e. The summed E-state index contributed by atoms with van der Waals surface area (Å²) >= 11 is 1.61. The highest BCUT2D eigenvalue weighted by atomic mass is 32.1. The topological polar surface area (TPSA) is 30.2 Å². The summed E-state index contributed by atoms with van der Waals surface area (Å²) in [7, 11) is 0. The van der Waals surface area contributed by atoms with Crippen molar-refractivity contribution in [2.45, 2.75) is 32.9 Å². The summed E-state index contributed by atoms with van der Waals surface area (Å²) in [4.78, 5) is 10.3. The van der Waals surface area contributed by atoms with E-state index in [1.807, 2.05) is 24.3 Å². The van der Waals surface area contributed by atoms with Crippen LogP contribution in [-0.4, -0.2) is 14.5 Å². The molecule has 3 aromatic rings. The van der Waals surface area contributed by atoms with E-state index in [1.165, 1.54) is 5.56 Å². The van der Waals surface area contributed by atoms with Gasteiger partial charge in [0.15, 0.2) is 5.82 Å². The number of nitrogens with zero attached hydrogens (tertiary/aromatic N) is 3. The van der Waals surface area contributed by atoms with Crippen LogP contribution in [0.3, 0.4) is 0 Å². The minimum atomic E-state index is -0.129. The summed E-state index contributed by atoms with van der Waals surface area (Å²) < 4.78 is 2.22. The van der Waals surface area contributed by atoms with Crippen LogP contribution >= 0.6 is 11.5 Å². The Morgan fingerprint density at radius 1 is 0.957 bits per heavy atom. The monoisotopic (exact) mass is 323 g/mol. The van der Waals surface area contributed by atoms with Crippen LogP contribution < -0.4 is 4.80 Å². The van der Waals surface area contributed by atoms with Gasteiger partial charge in [0.25, 0.3) is 0 Å². The Morgan fingerprint density at radius 3 is 2.17 bits per heavy atom. The lowest BCUT2D eigenvalue weighted by molar-refractivity contribution is 0.565. The second kappa shape index (κ2) is 6.50. The van der Waals surface area contributed by atoms with E-state index in [9.17, 15) is 0 Å². The fraction of sp³-hybridized carbons (Fsp3) is 0.263.